The second kappa shape index (κ2) is 7.04. The summed E-state index contributed by atoms with van der Waals surface area (Å²) in [5, 5.41) is 6.04. The van der Waals surface area contributed by atoms with Gasteiger partial charge in [-0.2, -0.15) is 4.52 Å². The number of benzene rings is 2. The fourth-order valence-electron chi connectivity index (χ4n) is 3.70. The van der Waals surface area contributed by atoms with Crippen molar-refractivity contribution in [1.29, 1.82) is 0 Å². The Balaban J connectivity index is 1.39. The van der Waals surface area contributed by atoms with Gasteiger partial charge in [-0.05, 0) is 30.3 Å². The molecule has 5 rings (SSSR count). The quantitative estimate of drug-likeness (QED) is 0.521. The summed E-state index contributed by atoms with van der Waals surface area (Å²) >= 11 is 1.48. The van der Waals surface area contributed by atoms with Crippen molar-refractivity contribution in [1.82, 2.24) is 14.6 Å². The van der Waals surface area contributed by atoms with E-state index in [1.54, 1.807) is 6.07 Å². The van der Waals surface area contributed by atoms with E-state index < -0.39 is 0 Å². The van der Waals surface area contributed by atoms with E-state index in [1.165, 1.54) is 27.2 Å². The number of nitrogens with zero attached hydrogens (tertiary/aromatic N) is 6. The molecular weight excluding hydrogens is 384 g/mol. The van der Waals surface area contributed by atoms with E-state index in [0.717, 1.165) is 36.8 Å². The van der Waals surface area contributed by atoms with Crippen LogP contribution >= 0.6 is 11.3 Å². The van der Waals surface area contributed by atoms with Crippen molar-refractivity contribution in [2.45, 2.75) is 0 Å². The fourth-order valence-corrected chi connectivity index (χ4v) is 4.65. The van der Waals surface area contributed by atoms with Crippen LogP contribution in [0.25, 0.3) is 15.9 Å². The Hall–Kier alpha value is -3.13. The molecule has 0 bridgehead atoms. The molecule has 4 aromatic rings. The van der Waals surface area contributed by atoms with Crippen LogP contribution in [0.3, 0.4) is 0 Å². The number of fused-ring (bicyclic) bond motifs is 2. The van der Waals surface area contributed by atoms with E-state index in [1.807, 2.05) is 18.2 Å². The highest BCUT2D eigenvalue weighted by Crippen LogP contribution is 2.26. The number of hydrogen-bond acceptors (Lipinski definition) is 7. The number of rotatable bonds is 3. The third-order valence-corrected chi connectivity index (χ3v) is 6.32. The molecule has 0 saturated carbocycles. The SMILES string of the molecule is CN(C)c1cccc(N2CCN(c3nn4c(=O)c5ccccc5nc4s3)CC2)c1. The highest BCUT2D eigenvalue weighted by Gasteiger charge is 2.21. The number of para-hydroxylation sites is 1. The zero-order chi connectivity index (χ0) is 20.0. The summed E-state index contributed by atoms with van der Waals surface area (Å²) in [6.07, 6.45) is 0. The second-order valence-electron chi connectivity index (χ2n) is 7.40. The number of hydrogen-bond donors (Lipinski definition) is 0. The van der Waals surface area contributed by atoms with Gasteiger partial charge >= 0.3 is 0 Å². The van der Waals surface area contributed by atoms with Gasteiger partial charge in [-0.25, -0.2) is 4.98 Å². The fraction of sp³-hybridized carbons (Fsp3) is 0.286. The highest BCUT2D eigenvalue weighted by molar-refractivity contribution is 7.20. The molecule has 0 radical (unpaired) electrons. The van der Waals surface area contributed by atoms with Crippen molar-refractivity contribution < 1.29 is 0 Å². The van der Waals surface area contributed by atoms with Crippen molar-refractivity contribution in [3.05, 3.63) is 58.9 Å². The molecule has 1 saturated heterocycles. The molecule has 0 unspecified atom stereocenters. The van der Waals surface area contributed by atoms with E-state index >= 15 is 0 Å². The van der Waals surface area contributed by atoms with Gasteiger partial charge in [-0.3, -0.25) is 4.79 Å². The molecule has 1 aliphatic rings. The first-order valence-corrected chi connectivity index (χ1v) is 10.5. The Morgan fingerprint density at radius 1 is 0.966 bits per heavy atom. The molecule has 3 heterocycles. The van der Waals surface area contributed by atoms with E-state index in [4.69, 9.17) is 0 Å². The maximum absolute atomic E-state index is 12.7. The third-order valence-electron chi connectivity index (χ3n) is 5.35. The van der Waals surface area contributed by atoms with E-state index in [9.17, 15) is 4.79 Å². The molecule has 7 nitrogen and oxygen atoms in total. The smallest absolute Gasteiger partial charge is 0.283 e. The topological polar surface area (TPSA) is 57.0 Å². The summed E-state index contributed by atoms with van der Waals surface area (Å²) < 4.78 is 1.44. The summed E-state index contributed by atoms with van der Waals surface area (Å²) in [5.41, 5.74) is 3.06. The molecule has 1 fully saturated rings. The zero-order valence-corrected chi connectivity index (χ0v) is 17.3. The highest BCUT2D eigenvalue weighted by atomic mass is 32.1. The molecule has 8 heteroatoms. The Morgan fingerprint density at radius 3 is 2.52 bits per heavy atom. The van der Waals surface area contributed by atoms with Gasteiger partial charge in [0.1, 0.15) is 0 Å². The van der Waals surface area contributed by atoms with Crippen molar-refractivity contribution in [3.8, 4) is 0 Å². The van der Waals surface area contributed by atoms with Gasteiger partial charge in [-0.15, -0.1) is 5.10 Å². The second-order valence-corrected chi connectivity index (χ2v) is 8.34. The van der Waals surface area contributed by atoms with Gasteiger partial charge in [0.05, 0.1) is 10.9 Å². The van der Waals surface area contributed by atoms with Crippen LogP contribution in [0.15, 0.2) is 53.3 Å². The lowest BCUT2D eigenvalue weighted by Crippen LogP contribution is -2.46. The van der Waals surface area contributed by atoms with Gasteiger partial charge < -0.3 is 14.7 Å². The van der Waals surface area contributed by atoms with Gasteiger partial charge in [0.15, 0.2) is 0 Å². The van der Waals surface area contributed by atoms with Crippen molar-refractivity contribution in [2.75, 3.05) is 55.0 Å². The van der Waals surface area contributed by atoms with Crippen LogP contribution in [0.2, 0.25) is 0 Å². The number of anilines is 3. The Kier molecular flexibility index (Phi) is 4.35. The van der Waals surface area contributed by atoms with Crippen molar-refractivity contribution in [3.63, 3.8) is 0 Å². The zero-order valence-electron chi connectivity index (χ0n) is 16.4. The molecule has 2 aromatic carbocycles. The Morgan fingerprint density at radius 2 is 1.72 bits per heavy atom. The molecule has 0 spiro atoms. The molecule has 29 heavy (non-hydrogen) atoms. The normalized spacial score (nSPS) is 14.7. The lowest BCUT2D eigenvalue weighted by atomic mass is 10.2. The van der Waals surface area contributed by atoms with Crippen LogP contribution in [-0.4, -0.2) is 54.9 Å². The van der Waals surface area contributed by atoms with Crippen molar-refractivity contribution >= 4 is 43.7 Å². The maximum atomic E-state index is 12.7. The summed E-state index contributed by atoms with van der Waals surface area (Å²) in [6, 6.07) is 16.0. The van der Waals surface area contributed by atoms with E-state index in [0.29, 0.717) is 10.3 Å². The molecule has 0 N–H and O–H groups in total. The minimum Gasteiger partial charge on any atom is -0.378 e. The average molecular weight is 407 g/mol. The van der Waals surface area contributed by atoms with Gasteiger partial charge in [0, 0.05) is 51.6 Å². The maximum Gasteiger partial charge on any atom is 0.283 e. The van der Waals surface area contributed by atoms with Crippen LogP contribution in [-0.2, 0) is 0 Å². The third kappa shape index (κ3) is 3.19. The predicted octanol–water partition coefficient (Wildman–Crippen LogP) is 2.70. The first kappa shape index (κ1) is 17.9. The minimum atomic E-state index is -0.104. The Bertz CT molecular complexity index is 1240. The first-order chi connectivity index (χ1) is 14.1. The van der Waals surface area contributed by atoms with Crippen LogP contribution in [0.4, 0.5) is 16.5 Å². The molecule has 2 aromatic heterocycles. The summed E-state index contributed by atoms with van der Waals surface area (Å²) in [7, 11) is 4.12. The molecular formula is C21H22N6OS. The molecule has 1 aliphatic heterocycles. The first-order valence-electron chi connectivity index (χ1n) is 9.66. The van der Waals surface area contributed by atoms with Crippen molar-refractivity contribution in [2.24, 2.45) is 0 Å². The minimum absolute atomic E-state index is 0.104. The summed E-state index contributed by atoms with van der Waals surface area (Å²) in [5.74, 6) is 0. The number of aromatic nitrogens is 3. The molecule has 148 valence electrons. The largest absolute Gasteiger partial charge is 0.378 e. The summed E-state index contributed by atoms with van der Waals surface area (Å²) in [6.45, 7) is 3.55. The van der Waals surface area contributed by atoms with E-state index in [2.05, 4.69) is 63.1 Å². The number of piperazine rings is 1. The average Bonchev–Trinajstić information content (AvgIpc) is 3.18. The lowest BCUT2D eigenvalue weighted by molar-refractivity contribution is 0.647. The van der Waals surface area contributed by atoms with Gasteiger partial charge in [-0.1, -0.05) is 29.5 Å². The van der Waals surface area contributed by atoms with Gasteiger partial charge in [0.25, 0.3) is 5.56 Å². The standard InChI is InChI=1S/C21H22N6OS/c1-24(2)15-6-5-7-16(14-15)25-10-12-26(13-11-25)21-23-27-19(28)17-8-3-4-9-18(17)22-20(27)29-21/h3-9,14H,10-13H2,1-2H3. The van der Waals surface area contributed by atoms with Gasteiger partial charge in [0.2, 0.25) is 10.1 Å². The van der Waals surface area contributed by atoms with Crippen LogP contribution in [0.1, 0.15) is 0 Å². The predicted molar refractivity (Wildman–Crippen MR) is 120 cm³/mol. The molecule has 0 amide bonds. The summed E-state index contributed by atoms with van der Waals surface area (Å²) in [4.78, 5) is 24.8. The van der Waals surface area contributed by atoms with Crippen LogP contribution < -0.4 is 20.3 Å². The Labute approximate surface area is 172 Å². The lowest BCUT2D eigenvalue weighted by Gasteiger charge is -2.36. The van der Waals surface area contributed by atoms with E-state index in [-0.39, 0.29) is 5.56 Å². The molecule has 0 aliphatic carbocycles. The van der Waals surface area contributed by atoms with Crippen LogP contribution in [0.5, 0.6) is 0 Å². The molecule has 0 atom stereocenters. The monoisotopic (exact) mass is 406 g/mol. The van der Waals surface area contributed by atoms with Crippen LogP contribution in [0, 0.1) is 0 Å².